The molecule has 110 valence electrons. The van der Waals surface area contributed by atoms with E-state index < -0.39 is 11.9 Å². The Hall–Kier alpha value is -3.14. The van der Waals surface area contributed by atoms with Crippen molar-refractivity contribution in [2.45, 2.75) is 0 Å². The van der Waals surface area contributed by atoms with Crippen LogP contribution in [0.25, 0.3) is 11.1 Å². The molecule has 0 spiro atoms. The lowest BCUT2D eigenvalue weighted by Gasteiger charge is -2.07. The van der Waals surface area contributed by atoms with Crippen LogP contribution >= 0.6 is 0 Å². The van der Waals surface area contributed by atoms with Gasteiger partial charge in [-0.3, -0.25) is 0 Å². The molecule has 4 heteroatoms. The highest BCUT2D eigenvalue weighted by Gasteiger charge is 2.17. The minimum atomic E-state index is -0.833. The molecule has 2 rings (SSSR count). The zero-order chi connectivity index (χ0) is 15.9. The fraction of sp³-hybridized carbons (Fsp3) is 0. The monoisotopic (exact) mass is 294 g/mol. The van der Waals surface area contributed by atoms with Crippen LogP contribution < -0.4 is 0 Å². The molecule has 0 radical (unpaired) electrons. The molecule has 0 N–H and O–H groups in total. The molecule has 0 amide bonds. The molecule has 0 saturated heterocycles. The Morgan fingerprint density at radius 2 is 0.955 bits per heavy atom. The Morgan fingerprint density at radius 3 is 1.27 bits per heavy atom. The van der Waals surface area contributed by atoms with Crippen molar-refractivity contribution in [3.8, 4) is 0 Å². The van der Waals surface area contributed by atoms with E-state index in [4.69, 9.17) is 0 Å². The Bertz CT molecular complexity index is 639. The molecule has 0 bridgehead atoms. The standard InChI is InChI=1S/C18H14O4/c1-13(15-9-5-3-6-10-15)17(19)21-22-18(20)14(2)16-11-7-4-8-12-16/h3-12H,1-2H2. The summed E-state index contributed by atoms with van der Waals surface area (Å²) in [5.74, 6) is -1.67. The molecule has 0 fully saturated rings. The average Bonchev–Trinajstić information content (AvgIpc) is 2.59. The second-order valence-corrected chi connectivity index (χ2v) is 4.43. The van der Waals surface area contributed by atoms with Gasteiger partial charge in [-0.05, 0) is 11.1 Å². The van der Waals surface area contributed by atoms with Gasteiger partial charge < -0.3 is 0 Å². The smallest absolute Gasteiger partial charge is 0.242 e. The maximum Gasteiger partial charge on any atom is 0.386 e. The summed E-state index contributed by atoms with van der Waals surface area (Å²) in [5.41, 5.74) is 1.37. The van der Waals surface area contributed by atoms with E-state index >= 15 is 0 Å². The highest BCUT2D eigenvalue weighted by molar-refractivity contribution is 6.17. The van der Waals surface area contributed by atoms with Gasteiger partial charge in [0.05, 0.1) is 11.1 Å². The van der Waals surface area contributed by atoms with Crippen molar-refractivity contribution >= 4 is 23.1 Å². The molecule has 22 heavy (non-hydrogen) atoms. The molecule has 0 aromatic heterocycles. The molecule has 0 aliphatic heterocycles. The van der Waals surface area contributed by atoms with Gasteiger partial charge in [0.1, 0.15) is 0 Å². The summed E-state index contributed by atoms with van der Waals surface area (Å²) in [4.78, 5) is 32.6. The third kappa shape index (κ3) is 3.70. The molecule has 0 unspecified atom stereocenters. The lowest BCUT2D eigenvalue weighted by Crippen LogP contribution is -2.13. The van der Waals surface area contributed by atoms with Crippen LogP contribution in [0.2, 0.25) is 0 Å². The maximum atomic E-state index is 11.8. The van der Waals surface area contributed by atoms with Gasteiger partial charge in [0.25, 0.3) is 0 Å². The molecular weight excluding hydrogens is 280 g/mol. The first-order valence-corrected chi connectivity index (χ1v) is 6.51. The second-order valence-electron chi connectivity index (χ2n) is 4.43. The van der Waals surface area contributed by atoms with Crippen LogP contribution in [0.5, 0.6) is 0 Å². The van der Waals surface area contributed by atoms with Crippen LogP contribution in [0.4, 0.5) is 0 Å². The van der Waals surface area contributed by atoms with Crippen LogP contribution in [-0.2, 0) is 19.4 Å². The number of carbonyl (C=O) groups excluding carboxylic acids is 2. The second kappa shape index (κ2) is 7.04. The van der Waals surface area contributed by atoms with E-state index in [0.29, 0.717) is 11.1 Å². The first-order valence-electron chi connectivity index (χ1n) is 6.51. The van der Waals surface area contributed by atoms with Crippen molar-refractivity contribution in [3.05, 3.63) is 84.9 Å². The van der Waals surface area contributed by atoms with Gasteiger partial charge in [-0.2, -0.15) is 0 Å². The van der Waals surface area contributed by atoms with Crippen molar-refractivity contribution in [2.75, 3.05) is 0 Å². The van der Waals surface area contributed by atoms with Gasteiger partial charge in [-0.1, -0.05) is 73.8 Å². The molecule has 0 atom stereocenters. The number of benzene rings is 2. The van der Waals surface area contributed by atoms with Crippen LogP contribution in [-0.4, -0.2) is 11.9 Å². The van der Waals surface area contributed by atoms with Crippen LogP contribution in [0.3, 0.4) is 0 Å². The number of carbonyl (C=O) groups is 2. The number of hydrogen-bond donors (Lipinski definition) is 0. The van der Waals surface area contributed by atoms with E-state index in [1.165, 1.54) is 0 Å². The van der Waals surface area contributed by atoms with Gasteiger partial charge in [0.2, 0.25) is 0 Å². The SMILES string of the molecule is C=C(C(=O)OOC(=O)C(=C)c1ccccc1)c1ccccc1. The summed E-state index contributed by atoms with van der Waals surface area (Å²) in [6.07, 6.45) is 0. The number of rotatable bonds is 4. The van der Waals surface area contributed by atoms with E-state index in [1.807, 2.05) is 12.1 Å². The topological polar surface area (TPSA) is 52.6 Å². The minimum Gasteiger partial charge on any atom is -0.242 e. The summed E-state index contributed by atoms with van der Waals surface area (Å²) < 4.78 is 0. The van der Waals surface area contributed by atoms with Gasteiger partial charge in [0.15, 0.2) is 0 Å². The van der Waals surface area contributed by atoms with E-state index in [1.54, 1.807) is 48.5 Å². The highest BCUT2D eigenvalue weighted by Crippen LogP contribution is 2.16. The average molecular weight is 294 g/mol. The fourth-order valence-electron chi connectivity index (χ4n) is 1.69. The molecule has 0 saturated carbocycles. The van der Waals surface area contributed by atoms with Crippen molar-refractivity contribution in [2.24, 2.45) is 0 Å². The summed E-state index contributed by atoms with van der Waals surface area (Å²) in [7, 11) is 0. The van der Waals surface area contributed by atoms with E-state index in [2.05, 4.69) is 22.9 Å². The molecular formula is C18H14O4. The Balaban J connectivity index is 1.92. The van der Waals surface area contributed by atoms with E-state index in [9.17, 15) is 9.59 Å². The highest BCUT2D eigenvalue weighted by atomic mass is 17.2. The molecule has 0 heterocycles. The summed E-state index contributed by atoms with van der Waals surface area (Å²) >= 11 is 0. The first kappa shape index (κ1) is 15.3. The summed E-state index contributed by atoms with van der Waals surface area (Å²) in [6.45, 7) is 7.24. The first-order chi connectivity index (χ1) is 10.6. The fourth-order valence-corrected chi connectivity index (χ4v) is 1.69. The van der Waals surface area contributed by atoms with Crippen molar-refractivity contribution in [1.82, 2.24) is 0 Å². The van der Waals surface area contributed by atoms with Crippen molar-refractivity contribution < 1.29 is 19.4 Å². The van der Waals surface area contributed by atoms with E-state index in [0.717, 1.165) is 0 Å². The third-order valence-corrected chi connectivity index (χ3v) is 2.93. The predicted octanol–water partition coefficient (Wildman–Crippen LogP) is 3.41. The summed E-state index contributed by atoms with van der Waals surface area (Å²) in [5, 5.41) is 0. The van der Waals surface area contributed by atoms with Gasteiger partial charge in [0, 0.05) is 0 Å². The Kier molecular flexibility index (Phi) is 4.88. The summed E-state index contributed by atoms with van der Waals surface area (Å²) in [6, 6.07) is 17.5. The minimum absolute atomic E-state index is 0.0960. The zero-order valence-corrected chi connectivity index (χ0v) is 11.8. The maximum absolute atomic E-state index is 11.8. The molecule has 2 aromatic carbocycles. The van der Waals surface area contributed by atoms with Crippen molar-refractivity contribution in [3.63, 3.8) is 0 Å². The largest absolute Gasteiger partial charge is 0.386 e. The van der Waals surface area contributed by atoms with E-state index in [-0.39, 0.29) is 11.1 Å². The van der Waals surface area contributed by atoms with Crippen molar-refractivity contribution in [1.29, 1.82) is 0 Å². The molecule has 4 nitrogen and oxygen atoms in total. The molecule has 0 aliphatic rings. The van der Waals surface area contributed by atoms with Gasteiger partial charge >= 0.3 is 11.9 Å². The molecule has 0 aliphatic carbocycles. The number of hydrogen-bond acceptors (Lipinski definition) is 4. The van der Waals surface area contributed by atoms with Crippen LogP contribution in [0.1, 0.15) is 11.1 Å². The van der Waals surface area contributed by atoms with Crippen LogP contribution in [0.15, 0.2) is 73.8 Å². The normalized spacial score (nSPS) is 9.64. The third-order valence-electron chi connectivity index (χ3n) is 2.93. The molecule has 2 aromatic rings. The van der Waals surface area contributed by atoms with Gasteiger partial charge in [-0.15, -0.1) is 0 Å². The van der Waals surface area contributed by atoms with Crippen LogP contribution in [0, 0.1) is 0 Å². The van der Waals surface area contributed by atoms with Gasteiger partial charge in [-0.25, -0.2) is 19.4 Å². The predicted molar refractivity (Wildman–Crippen MR) is 83.1 cm³/mol. The quantitative estimate of drug-likeness (QED) is 0.492. The Morgan fingerprint density at radius 1 is 0.636 bits per heavy atom. The lowest BCUT2D eigenvalue weighted by atomic mass is 10.1. The Labute approximate surface area is 128 Å². The lowest BCUT2D eigenvalue weighted by molar-refractivity contribution is -0.248. The zero-order valence-electron chi connectivity index (χ0n) is 11.8.